The number of hydrogen-bond donors (Lipinski definition) is 0. The molecule has 0 radical (unpaired) electrons. The smallest absolute Gasteiger partial charge is 0.223 e. The summed E-state index contributed by atoms with van der Waals surface area (Å²) < 4.78 is 19.7. The van der Waals surface area contributed by atoms with Crippen molar-refractivity contribution in [3.05, 3.63) is 72.0 Å². The Kier molecular flexibility index (Phi) is 5.60. The highest BCUT2D eigenvalue weighted by Crippen LogP contribution is 2.22. The average molecular weight is 393 g/mol. The van der Waals surface area contributed by atoms with Gasteiger partial charge in [-0.3, -0.25) is 4.79 Å². The van der Waals surface area contributed by atoms with E-state index in [-0.39, 0.29) is 11.7 Å². The van der Waals surface area contributed by atoms with Crippen LogP contribution in [0.4, 0.5) is 10.1 Å². The SMILES string of the molecule is Cc1ccc(-c2cnc(CCC(=O)N3CCN(c4ccccc4F)CC3)o2)cc1. The average Bonchev–Trinajstić information content (AvgIpc) is 3.22. The monoisotopic (exact) mass is 393 g/mol. The minimum atomic E-state index is -0.222. The molecule has 1 amide bonds. The van der Waals surface area contributed by atoms with Crippen LogP contribution in [0, 0.1) is 12.7 Å². The van der Waals surface area contributed by atoms with E-state index in [1.165, 1.54) is 11.6 Å². The topological polar surface area (TPSA) is 49.6 Å². The van der Waals surface area contributed by atoms with E-state index in [0.29, 0.717) is 56.4 Å². The predicted molar refractivity (Wildman–Crippen MR) is 110 cm³/mol. The van der Waals surface area contributed by atoms with E-state index in [9.17, 15) is 9.18 Å². The van der Waals surface area contributed by atoms with Crippen LogP contribution in [-0.2, 0) is 11.2 Å². The summed E-state index contributed by atoms with van der Waals surface area (Å²) in [6, 6.07) is 14.8. The van der Waals surface area contributed by atoms with E-state index in [1.54, 1.807) is 18.3 Å². The lowest BCUT2D eigenvalue weighted by atomic mass is 10.1. The molecule has 2 heterocycles. The van der Waals surface area contributed by atoms with Crippen molar-refractivity contribution in [2.45, 2.75) is 19.8 Å². The molecule has 0 N–H and O–H groups in total. The molecule has 1 aliphatic heterocycles. The first-order chi connectivity index (χ1) is 14.1. The van der Waals surface area contributed by atoms with Gasteiger partial charge >= 0.3 is 0 Å². The maximum Gasteiger partial charge on any atom is 0.223 e. The van der Waals surface area contributed by atoms with Crippen LogP contribution in [0.15, 0.2) is 59.1 Å². The van der Waals surface area contributed by atoms with Gasteiger partial charge in [-0.2, -0.15) is 0 Å². The highest BCUT2D eigenvalue weighted by atomic mass is 19.1. The zero-order chi connectivity index (χ0) is 20.2. The summed E-state index contributed by atoms with van der Waals surface area (Å²) in [6.07, 6.45) is 2.53. The minimum Gasteiger partial charge on any atom is -0.441 e. The fourth-order valence-corrected chi connectivity index (χ4v) is 3.55. The fraction of sp³-hybridized carbons (Fsp3) is 0.304. The van der Waals surface area contributed by atoms with Crippen molar-refractivity contribution in [3.8, 4) is 11.3 Å². The van der Waals surface area contributed by atoms with E-state index < -0.39 is 0 Å². The molecule has 0 saturated carbocycles. The zero-order valence-electron chi connectivity index (χ0n) is 16.5. The van der Waals surface area contributed by atoms with Gasteiger partial charge in [0.25, 0.3) is 0 Å². The lowest BCUT2D eigenvalue weighted by Gasteiger charge is -2.36. The van der Waals surface area contributed by atoms with Crippen LogP contribution < -0.4 is 4.90 Å². The number of oxazole rings is 1. The number of anilines is 1. The van der Waals surface area contributed by atoms with Crippen LogP contribution in [0.5, 0.6) is 0 Å². The molecule has 0 atom stereocenters. The van der Waals surface area contributed by atoms with Crippen molar-refractivity contribution >= 4 is 11.6 Å². The number of carbonyl (C=O) groups excluding carboxylic acids is 1. The molecular formula is C23H24FN3O2. The summed E-state index contributed by atoms with van der Waals surface area (Å²) in [4.78, 5) is 20.7. The van der Waals surface area contributed by atoms with Crippen molar-refractivity contribution in [3.63, 3.8) is 0 Å². The van der Waals surface area contributed by atoms with Gasteiger partial charge in [0.1, 0.15) is 5.82 Å². The molecule has 0 unspecified atom stereocenters. The van der Waals surface area contributed by atoms with Gasteiger partial charge in [-0.15, -0.1) is 0 Å². The highest BCUT2D eigenvalue weighted by molar-refractivity contribution is 5.76. The van der Waals surface area contributed by atoms with Gasteiger partial charge in [-0.25, -0.2) is 9.37 Å². The zero-order valence-corrected chi connectivity index (χ0v) is 16.5. The van der Waals surface area contributed by atoms with Gasteiger partial charge < -0.3 is 14.2 Å². The summed E-state index contributed by atoms with van der Waals surface area (Å²) in [5.41, 5.74) is 2.77. The maximum atomic E-state index is 13.9. The summed E-state index contributed by atoms with van der Waals surface area (Å²) in [5.74, 6) is 1.14. The Morgan fingerprint density at radius 1 is 1.07 bits per heavy atom. The van der Waals surface area contributed by atoms with E-state index >= 15 is 0 Å². The molecule has 2 aromatic carbocycles. The molecule has 4 rings (SSSR count). The molecule has 150 valence electrons. The Bertz CT molecular complexity index is 976. The fourth-order valence-electron chi connectivity index (χ4n) is 3.55. The number of amides is 1. The minimum absolute atomic E-state index is 0.0771. The molecule has 29 heavy (non-hydrogen) atoms. The number of aromatic nitrogens is 1. The van der Waals surface area contributed by atoms with Crippen molar-refractivity contribution in [2.75, 3.05) is 31.1 Å². The van der Waals surface area contributed by atoms with Crippen molar-refractivity contribution in [1.82, 2.24) is 9.88 Å². The standard InChI is InChI=1S/C23H24FN3O2/c1-17-6-8-18(9-7-17)21-16-25-22(29-21)10-11-23(28)27-14-12-26(13-15-27)20-5-3-2-4-19(20)24/h2-9,16H,10-15H2,1H3. The number of nitrogens with zero attached hydrogens (tertiary/aromatic N) is 3. The Morgan fingerprint density at radius 2 is 1.79 bits per heavy atom. The van der Waals surface area contributed by atoms with Crippen LogP contribution >= 0.6 is 0 Å². The number of aryl methyl sites for hydroxylation is 2. The molecule has 0 aliphatic carbocycles. The van der Waals surface area contributed by atoms with Gasteiger partial charge in [-0.1, -0.05) is 42.0 Å². The maximum absolute atomic E-state index is 13.9. The van der Waals surface area contributed by atoms with E-state index in [1.807, 2.05) is 47.1 Å². The van der Waals surface area contributed by atoms with Crippen LogP contribution in [0.2, 0.25) is 0 Å². The Hall–Kier alpha value is -3.15. The van der Waals surface area contributed by atoms with Crippen LogP contribution in [0.25, 0.3) is 11.3 Å². The number of hydrogen-bond acceptors (Lipinski definition) is 4. The summed E-state index contributed by atoms with van der Waals surface area (Å²) in [6.45, 7) is 4.48. The van der Waals surface area contributed by atoms with E-state index in [0.717, 1.165) is 5.56 Å². The molecular weight excluding hydrogens is 369 g/mol. The number of carbonyl (C=O) groups is 1. The number of benzene rings is 2. The first kappa shape index (κ1) is 19.2. The molecule has 5 nitrogen and oxygen atoms in total. The largest absolute Gasteiger partial charge is 0.441 e. The molecule has 0 bridgehead atoms. The number of piperazine rings is 1. The van der Waals surface area contributed by atoms with Gasteiger partial charge in [0.2, 0.25) is 5.91 Å². The Balaban J connectivity index is 1.29. The van der Waals surface area contributed by atoms with Gasteiger partial charge in [-0.05, 0) is 19.1 Å². The number of para-hydroxylation sites is 1. The third-order valence-corrected chi connectivity index (χ3v) is 5.27. The molecule has 3 aromatic rings. The van der Waals surface area contributed by atoms with Gasteiger partial charge in [0.05, 0.1) is 11.9 Å². The molecule has 1 aromatic heterocycles. The highest BCUT2D eigenvalue weighted by Gasteiger charge is 2.22. The molecule has 1 fully saturated rings. The second-order valence-corrected chi connectivity index (χ2v) is 7.30. The third-order valence-electron chi connectivity index (χ3n) is 5.27. The Labute approximate surface area is 169 Å². The van der Waals surface area contributed by atoms with Gasteiger partial charge in [0, 0.05) is 44.6 Å². The molecule has 1 aliphatic rings. The molecule has 0 spiro atoms. The lowest BCUT2D eigenvalue weighted by Crippen LogP contribution is -2.49. The first-order valence-corrected chi connectivity index (χ1v) is 9.89. The van der Waals surface area contributed by atoms with Crippen molar-refractivity contribution < 1.29 is 13.6 Å². The van der Waals surface area contributed by atoms with E-state index in [4.69, 9.17) is 4.42 Å². The van der Waals surface area contributed by atoms with Crippen LogP contribution in [-0.4, -0.2) is 42.0 Å². The summed E-state index contributed by atoms with van der Waals surface area (Å²) in [5, 5.41) is 0. The second kappa shape index (κ2) is 8.47. The normalized spacial score (nSPS) is 14.3. The van der Waals surface area contributed by atoms with Gasteiger partial charge in [0.15, 0.2) is 11.7 Å². The Morgan fingerprint density at radius 3 is 2.52 bits per heavy atom. The first-order valence-electron chi connectivity index (χ1n) is 9.89. The number of halogens is 1. The van der Waals surface area contributed by atoms with Crippen LogP contribution in [0.3, 0.4) is 0 Å². The number of rotatable bonds is 5. The summed E-state index contributed by atoms with van der Waals surface area (Å²) in [7, 11) is 0. The predicted octanol–water partition coefficient (Wildman–Crippen LogP) is 4.07. The molecule has 1 saturated heterocycles. The lowest BCUT2D eigenvalue weighted by molar-refractivity contribution is -0.131. The van der Waals surface area contributed by atoms with E-state index in [2.05, 4.69) is 4.98 Å². The van der Waals surface area contributed by atoms with Crippen molar-refractivity contribution in [2.24, 2.45) is 0 Å². The second-order valence-electron chi connectivity index (χ2n) is 7.30. The third kappa shape index (κ3) is 4.47. The summed E-state index contributed by atoms with van der Waals surface area (Å²) >= 11 is 0. The molecule has 6 heteroatoms. The van der Waals surface area contributed by atoms with Crippen molar-refractivity contribution in [1.29, 1.82) is 0 Å². The van der Waals surface area contributed by atoms with Crippen LogP contribution in [0.1, 0.15) is 17.9 Å². The quantitative estimate of drug-likeness (QED) is 0.656.